The number of hydrogen-bond acceptors (Lipinski definition) is 2. The number of nitrogens with zero attached hydrogens (tertiary/aromatic N) is 4. The van der Waals surface area contributed by atoms with E-state index in [9.17, 15) is 5.26 Å². The molecule has 0 saturated heterocycles. The molecule has 0 bridgehead atoms. The largest absolute Gasteiger partial charge is 0.308 e. The van der Waals surface area contributed by atoms with Crippen LogP contribution in [0.4, 0.5) is 0 Å². The van der Waals surface area contributed by atoms with Gasteiger partial charge in [-0.05, 0) is 151 Å². The van der Waals surface area contributed by atoms with E-state index in [4.69, 9.17) is 4.98 Å². The van der Waals surface area contributed by atoms with Gasteiger partial charge in [0.05, 0.1) is 56.5 Å². The van der Waals surface area contributed by atoms with Crippen LogP contribution >= 0.6 is 0 Å². The molecule has 80 heavy (non-hydrogen) atoms. The van der Waals surface area contributed by atoms with Crippen molar-refractivity contribution in [2.24, 2.45) is 0 Å². The number of nitriles is 1. The maximum Gasteiger partial charge on any atom is 0.0993 e. The fourth-order valence-electron chi connectivity index (χ4n) is 12.1. The van der Waals surface area contributed by atoms with Crippen LogP contribution in [0, 0.1) is 39.0 Å². The minimum Gasteiger partial charge on any atom is -0.308 e. The monoisotopic (exact) mass is 1020 g/mol. The van der Waals surface area contributed by atoms with Crippen LogP contribution in [-0.2, 0) is 0 Å². The molecule has 11 aromatic carbocycles. The summed E-state index contributed by atoms with van der Waals surface area (Å²) in [7, 11) is 0. The highest BCUT2D eigenvalue weighted by Gasteiger charge is 2.26. The van der Waals surface area contributed by atoms with Crippen LogP contribution in [-0.4, -0.2) is 14.1 Å². The predicted molar refractivity (Wildman–Crippen MR) is 335 cm³/mol. The lowest BCUT2D eigenvalue weighted by Crippen LogP contribution is -2.06. The number of aromatic nitrogens is 3. The van der Waals surface area contributed by atoms with Crippen molar-refractivity contribution in [2.75, 3.05) is 0 Å². The number of rotatable bonds is 9. The smallest absolute Gasteiger partial charge is 0.0993 e. The van der Waals surface area contributed by atoms with E-state index in [0.717, 1.165) is 111 Å². The van der Waals surface area contributed by atoms with Gasteiger partial charge in [0, 0.05) is 38.2 Å². The minimum atomic E-state index is 0.546. The third kappa shape index (κ3) is 8.54. The van der Waals surface area contributed by atoms with E-state index in [0.29, 0.717) is 5.56 Å². The summed E-state index contributed by atoms with van der Waals surface area (Å²) in [6, 6.07) is 94.9. The molecule has 3 heterocycles. The Balaban J connectivity index is 1.14. The summed E-state index contributed by atoms with van der Waals surface area (Å²) in [5.41, 5.74) is 26.2. The zero-order valence-corrected chi connectivity index (χ0v) is 45.0. The van der Waals surface area contributed by atoms with Gasteiger partial charge in [0.2, 0.25) is 0 Å². The average molecular weight is 1020 g/mol. The Bertz CT molecular complexity index is 4320. The van der Waals surface area contributed by atoms with E-state index < -0.39 is 0 Å². The molecule has 0 amide bonds. The first-order valence-corrected chi connectivity index (χ1v) is 27.4. The molecule has 3 aromatic heterocycles. The second-order valence-corrected chi connectivity index (χ2v) is 21.4. The SMILES string of the molecule is Cc1cccc(-c2ccc3c(c2)c2cc(-c4cccc(C)c4)ccc2n3-c2cc(C#N)cc(-n3c4ccc(-c5cccc(C)c5)cc4c4cc(-c5cccc(C)c5)ccc43)c2-c2cc(-c3ccccc3)nc(-c3ccccc3)c2)c1. The molecular formula is C76H54N4. The molecule has 0 aliphatic carbocycles. The van der Waals surface area contributed by atoms with E-state index in [1.807, 2.05) is 0 Å². The van der Waals surface area contributed by atoms with Crippen LogP contribution in [0.1, 0.15) is 27.8 Å². The lowest BCUT2D eigenvalue weighted by molar-refractivity contribution is 1.13. The Morgan fingerprint density at radius 1 is 0.287 bits per heavy atom. The van der Waals surface area contributed by atoms with Crippen molar-refractivity contribution >= 4 is 43.6 Å². The van der Waals surface area contributed by atoms with Crippen molar-refractivity contribution in [3.8, 4) is 95.6 Å². The first-order valence-electron chi connectivity index (χ1n) is 27.4. The third-order valence-electron chi connectivity index (χ3n) is 15.9. The molecule has 0 saturated carbocycles. The number of benzene rings is 11. The van der Waals surface area contributed by atoms with Crippen molar-refractivity contribution in [3.63, 3.8) is 0 Å². The topological polar surface area (TPSA) is 46.5 Å². The van der Waals surface area contributed by atoms with E-state index in [-0.39, 0.29) is 0 Å². The van der Waals surface area contributed by atoms with Crippen LogP contribution in [0.15, 0.2) is 255 Å². The van der Waals surface area contributed by atoms with E-state index in [2.05, 4.69) is 298 Å². The maximum absolute atomic E-state index is 11.4. The molecule has 4 heteroatoms. The molecule has 0 atom stereocenters. The zero-order valence-electron chi connectivity index (χ0n) is 45.0. The van der Waals surface area contributed by atoms with Crippen molar-refractivity contribution in [1.82, 2.24) is 14.1 Å². The molecule has 0 aliphatic rings. The van der Waals surface area contributed by atoms with Crippen molar-refractivity contribution in [2.45, 2.75) is 27.7 Å². The third-order valence-corrected chi connectivity index (χ3v) is 15.9. The van der Waals surface area contributed by atoms with Crippen LogP contribution in [0.2, 0.25) is 0 Å². The molecule has 14 rings (SSSR count). The van der Waals surface area contributed by atoms with Crippen LogP contribution < -0.4 is 0 Å². The second kappa shape index (κ2) is 19.6. The first kappa shape index (κ1) is 48.1. The Morgan fingerprint density at radius 3 is 0.887 bits per heavy atom. The van der Waals surface area contributed by atoms with Gasteiger partial charge >= 0.3 is 0 Å². The van der Waals surface area contributed by atoms with Crippen LogP contribution in [0.5, 0.6) is 0 Å². The van der Waals surface area contributed by atoms with Crippen molar-refractivity contribution < 1.29 is 0 Å². The van der Waals surface area contributed by atoms with Gasteiger partial charge in [0.1, 0.15) is 0 Å². The van der Waals surface area contributed by atoms with Gasteiger partial charge in [-0.1, -0.05) is 204 Å². The Labute approximate surface area is 466 Å². The van der Waals surface area contributed by atoms with Gasteiger partial charge in [-0.15, -0.1) is 0 Å². The highest BCUT2D eigenvalue weighted by Crippen LogP contribution is 2.46. The summed E-state index contributed by atoms with van der Waals surface area (Å²) in [5, 5.41) is 15.9. The number of fused-ring (bicyclic) bond motifs is 6. The standard InChI is InChI=1S/C76H54N4/c1-48-15-11-23-55(35-48)59-27-31-70-64(41-59)65-42-60(56-24-12-16-49(2)36-56)28-32-71(65)79(70)74-39-52(47-77)40-75(76(74)63-45-68(53-19-7-5-8-20-53)78-69(46-63)54-21-9-6-10-22-54)80-72-33-29-61(57-25-13-17-50(3)37-57)43-66(72)67-44-62(30-34-73(67)80)58-26-14-18-51(4)38-58/h5-46H,1-4H3. The van der Waals surface area contributed by atoms with E-state index >= 15 is 0 Å². The molecule has 378 valence electrons. The predicted octanol–water partition coefficient (Wildman–Crippen LogP) is 20.1. The highest BCUT2D eigenvalue weighted by atomic mass is 15.0. The first-order chi connectivity index (χ1) is 39.2. The lowest BCUT2D eigenvalue weighted by Gasteiger charge is -2.22. The summed E-state index contributed by atoms with van der Waals surface area (Å²) >= 11 is 0. The summed E-state index contributed by atoms with van der Waals surface area (Å²) in [4.78, 5) is 5.43. The number of aryl methyl sites for hydroxylation is 4. The molecule has 4 nitrogen and oxygen atoms in total. The molecule has 0 fully saturated rings. The fourth-order valence-corrected chi connectivity index (χ4v) is 12.1. The summed E-state index contributed by atoms with van der Waals surface area (Å²) in [6.45, 7) is 8.60. The van der Waals surface area contributed by atoms with E-state index in [1.165, 1.54) is 44.5 Å². The Hall–Kier alpha value is -10.3. The minimum absolute atomic E-state index is 0.546. The average Bonchev–Trinajstić information content (AvgIpc) is 4.04. The summed E-state index contributed by atoms with van der Waals surface area (Å²) in [5.74, 6) is 0. The molecular weight excluding hydrogens is 969 g/mol. The molecule has 14 aromatic rings. The Kier molecular flexibility index (Phi) is 11.8. The van der Waals surface area contributed by atoms with Gasteiger partial charge in [0.25, 0.3) is 0 Å². The van der Waals surface area contributed by atoms with E-state index in [1.54, 1.807) is 0 Å². The molecule has 0 spiro atoms. The zero-order chi connectivity index (χ0) is 54.0. The highest BCUT2D eigenvalue weighted by molar-refractivity contribution is 6.14. The van der Waals surface area contributed by atoms with Crippen LogP contribution in [0.3, 0.4) is 0 Å². The number of hydrogen-bond donors (Lipinski definition) is 0. The van der Waals surface area contributed by atoms with Gasteiger partial charge in [-0.25, -0.2) is 4.98 Å². The Morgan fingerprint density at radius 2 is 0.588 bits per heavy atom. The van der Waals surface area contributed by atoms with Gasteiger partial charge in [0.15, 0.2) is 0 Å². The number of pyridine rings is 1. The molecule has 0 aliphatic heterocycles. The van der Waals surface area contributed by atoms with Gasteiger partial charge in [-0.3, -0.25) is 0 Å². The lowest BCUT2D eigenvalue weighted by atomic mass is 9.95. The summed E-state index contributed by atoms with van der Waals surface area (Å²) < 4.78 is 4.82. The van der Waals surface area contributed by atoms with Crippen LogP contribution in [0.25, 0.3) is 133 Å². The normalized spacial score (nSPS) is 11.5. The summed E-state index contributed by atoms with van der Waals surface area (Å²) in [6.07, 6.45) is 0. The van der Waals surface area contributed by atoms with Crippen molar-refractivity contribution in [3.05, 3.63) is 283 Å². The molecule has 0 unspecified atom stereocenters. The molecule has 0 N–H and O–H groups in total. The quantitative estimate of drug-likeness (QED) is 0.145. The maximum atomic E-state index is 11.4. The molecule has 0 radical (unpaired) electrons. The van der Waals surface area contributed by atoms with Crippen molar-refractivity contribution in [1.29, 1.82) is 5.26 Å². The second-order valence-electron chi connectivity index (χ2n) is 21.4. The van der Waals surface area contributed by atoms with Gasteiger partial charge in [-0.2, -0.15) is 5.26 Å². The van der Waals surface area contributed by atoms with Gasteiger partial charge < -0.3 is 9.13 Å². The fraction of sp³-hybridized carbons (Fsp3) is 0.0526.